The third-order valence-corrected chi connectivity index (χ3v) is 2.39. The maximum absolute atomic E-state index is 11.7. The Kier molecular flexibility index (Phi) is 2.55. The Labute approximate surface area is 85.6 Å². The fourth-order valence-electron chi connectivity index (χ4n) is 1.52. The fraction of sp³-hybridized carbons (Fsp3) is 0.400. The average Bonchev–Trinajstić information content (AvgIpc) is 2.88. The molecule has 0 aliphatic carbocycles. The summed E-state index contributed by atoms with van der Waals surface area (Å²) in [4.78, 5) is 22.3. The zero-order chi connectivity index (χ0) is 10.8. The van der Waals surface area contributed by atoms with E-state index in [-0.39, 0.29) is 23.0 Å². The topological polar surface area (TPSA) is 76.7 Å². The molecule has 0 aromatic carbocycles. The molecule has 0 spiro atoms. The van der Waals surface area contributed by atoms with Crippen LogP contribution in [0.15, 0.2) is 16.7 Å². The van der Waals surface area contributed by atoms with Crippen molar-refractivity contribution < 1.29 is 23.8 Å². The van der Waals surface area contributed by atoms with Gasteiger partial charge in [-0.3, -0.25) is 4.79 Å². The molecule has 1 N–H and O–H groups in total. The van der Waals surface area contributed by atoms with Crippen molar-refractivity contribution in [2.75, 3.05) is 13.2 Å². The van der Waals surface area contributed by atoms with Crippen LogP contribution in [0.1, 0.15) is 27.3 Å². The molecular formula is C10H10O5. The third-order valence-electron chi connectivity index (χ3n) is 2.39. The molecule has 1 aliphatic heterocycles. The van der Waals surface area contributed by atoms with E-state index in [4.69, 9.17) is 14.3 Å². The molecule has 0 radical (unpaired) electrons. The summed E-state index contributed by atoms with van der Waals surface area (Å²) >= 11 is 0. The minimum Gasteiger partial charge on any atom is -0.478 e. The summed E-state index contributed by atoms with van der Waals surface area (Å²) < 4.78 is 9.99. The van der Waals surface area contributed by atoms with E-state index in [1.807, 2.05) is 0 Å². The van der Waals surface area contributed by atoms with Crippen LogP contribution in [-0.4, -0.2) is 30.1 Å². The number of carbonyl (C=O) groups excluding carboxylic acids is 1. The molecule has 0 saturated carbocycles. The van der Waals surface area contributed by atoms with E-state index >= 15 is 0 Å². The number of furan rings is 1. The molecule has 1 saturated heterocycles. The summed E-state index contributed by atoms with van der Waals surface area (Å²) in [6, 6.07) is 1.25. The predicted molar refractivity (Wildman–Crippen MR) is 48.9 cm³/mol. The number of Topliss-reactive ketones (excluding diaryl/α,β-unsaturated/α-hetero) is 1. The van der Waals surface area contributed by atoms with Gasteiger partial charge >= 0.3 is 5.97 Å². The first kappa shape index (κ1) is 9.92. The SMILES string of the molecule is O=C(O)c1coc(C(=O)C2CCOC2)c1. The molecule has 0 bridgehead atoms. The van der Waals surface area contributed by atoms with E-state index < -0.39 is 5.97 Å². The van der Waals surface area contributed by atoms with Crippen molar-refractivity contribution in [3.8, 4) is 0 Å². The number of carboxylic acids is 1. The van der Waals surface area contributed by atoms with Gasteiger partial charge in [0.2, 0.25) is 5.78 Å². The standard InChI is InChI=1S/C10H10O5/c11-9(6-1-2-14-4-6)8-3-7(5-15-8)10(12)13/h3,5-6H,1-2,4H2,(H,12,13). The lowest BCUT2D eigenvalue weighted by atomic mass is 10.0. The average molecular weight is 210 g/mol. The number of rotatable bonds is 3. The van der Waals surface area contributed by atoms with Gasteiger partial charge in [-0.05, 0) is 6.42 Å². The molecule has 1 aromatic rings. The molecule has 1 fully saturated rings. The summed E-state index contributed by atoms with van der Waals surface area (Å²) in [5.41, 5.74) is -0.00253. The Morgan fingerprint density at radius 3 is 2.80 bits per heavy atom. The Morgan fingerprint density at radius 1 is 1.47 bits per heavy atom. The molecule has 15 heavy (non-hydrogen) atoms. The highest BCUT2D eigenvalue weighted by molar-refractivity contribution is 5.98. The molecule has 5 heteroatoms. The molecule has 5 nitrogen and oxygen atoms in total. The van der Waals surface area contributed by atoms with Gasteiger partial charge < -0.3 is 14.3 Å². The zero-order valence-electron chi connectivity index (χ0n) is 7.93. The van der Waals surface area contributed by atoms with Gasteiger partial charge in [0.25, 0.3) is 0 Å². The highest BCUT2D eigenvalue weighted by atomic mass is 16.5. The van der Waals surface area contributed by atoms with E-state index in [1.54, 1.807) is 0 Å². The van der Waals surface area contributed by atoms with Crippen LogP contribution in [0.3, 0.4) is 0 Å². The van der Waals surface area contributed by atoms with Crippen molar-refractivity contribution >= 4 is 11.8 Å². The molecule has 1 atom stereocenters. The third kappa shape index (κ3) is 1.92. The zero-order valence-corrected chi connectivity index (χ0v) is 7.93. The summed E-state index contributed by atoms with van der Waals surface area (Å²) in [5.74, 6) is -1.37. The normalized spacial score (nSPS) is 20.4. The number of aromatic carboxylic acids is 1. The molecule has 80 valence electrons. The number of hydrogen-bond donors (Lipinski definition) is 1. The van der Waals surface area contributed by atoms with E-state index in [0.29, 0.717) is 19.6 Å². The van der Waals surface area contributed by atoms with Crippen LogP contribution in [0.4, 0.5) is 0 Å². The Morgan fingerprint density at radius 2 is 2.27 bits per heavy atom. The number of hydrogen-bond acceptors (Lipinski definition) is 4. The molecule has 1 unspecified atom stereocenters. The second-order valence-electron chi connectivity index (χ2n) is 3.43. The van der Waals surface area contributed by atoms with Crippen molar-refractivity contribution in [1.29, 1.82) is 0 Å². The number of ether oxygens (including phenoxy) is 1. The molecule has 1 aliphatic rings. The van der Waals surface area contributed by atoms with E-state index in [0.717, 1.165) is 6.26 Å². The van der Waals surface area contributed by atoms with Crippen LogP contribution >= 0.6 is 0 Å². The highest BCUT2D eigenvalue weighted by Gasteiger charge is 2.27. The highest BCUT2D eigenvalue weighted by Crippen LogP contribution is 2.19. The molecule has 0 amide bonds. The fourth-order valence-corrected chi connectivity index (χ4v) is 1.52. The number of ketones is 1. The van der Waals surface area contributed by atoms with E-state index in [2.05, 4.69) is 0 Å². The summed E-state index contributed by atoms with van der Waals surface area (Å²) in [6.07, 6.45) is 1.74. The van der Waals surface area contributed by atoms with Crippen molar-refractivity contribution in [2.24, 2.45) is 5.92 Å². The maximum Gasteiger partial charge on any atom is 0.338 e. The first-order valence-electron chi connectivity index (χ1n) is 4.62. The van der Waals surface area contributed by atoms with Crippen molar-refractivity contribution in [3.05, 3.63) is 23.7 Å². The van der Waals surface area contributed by atoms with Crippen molar-refractivity contribution in [2.45, 2.75) is 6.42 Å². The molecule has 1 aromatic heterocycles. The molecular weight excluding hydrogens is 200 g/mol. The van der Waals surface area contributed by atoms with Gasteiger partial charge in [-0.15, -0.1) is 0 Å². The van der Waals surface area contributed by atoms with Gasteiger partial charge in [-0.25, -0.2) is 4.79 Å². The Hall–Kier alpha value is -1.62. The second-order valence-corrected chi connectivity index (χ2v) is 3.43. The van der Waals surface area contributed by atoms with Crippen LogP contribution in [-0.2, 0) is 4.74 Å². The summed E-state index contributed by atoms with van der Waals surface area (Å²) in [5, 5.41) is 8.65. The van der Waals surface area contributed by atoms with Crippen LogP contribution in [0.25, 0.3) is 0 Å². The van der Waals surface area contributed by atoms with Gasteiger partial charge in [0.05, 0.1) is 18.1 Å². The Balaban J connectivity index is 2.14. The lowest BCUT2D eigenvalue weighted by molar-refractivity contribution is 0.0695. The van der Waals surface area contributed by atoms with E-state index in [1.165, 1.54) is 6.07 Å². The number of carbonyl (C=O) groups is 2. The van der Waals surface area contributed by atoms with Gasteiger partial charge in [0.15, 0.2) is 5.76 Å². The monoisotopic (exact) mass is 210 g/mol. The van der Waals surface area contributed by atoms with E-state index in [9.17, 15) is 9.59 Å². The smallest absolute Gasteiger partial charge is 0.338 e. The van der Waals surface area contributed by atoms with Crippen LogP contribution in [0.5, 0.6) is 0 Å². The van der Waals surface area contributed by atoms with Gasteiger partial charge in [-0.1, -0.05) is 0 Å². The van der Waals surface area contributed by atoms with Crippen LogP contribution < -0.4 is 0 Å². The number of carboxylic acid groups (broad SMARTS) is 1. The first-order chi connectivity index (χ1) is 7.18. The molecule has 2 rings (SSSR count). The van der Waals surface area contributed by atoms with Crippen LogP contribution in [0.2, 0.25) is 0 Å². The van der Waals surface area contributed by atoms with Gasteiger partial charge in [-0.2, -0.15) is 0 Å². The van der Waals surface area contributed by atoms with Crippen molar-refractivity contribution in [3.63, 3.8) is 0 Å². The second kappa shape index (κ2) is 3.86. The van der Waals surface area contributed by atoms with Crippen molar-refractivity contribution in [1.82, 2.24) is 0 Å². The quantitative estimate of drug-likeness (QED) is 0.758. The minimum atomic E-state index is -1.10. The van der Waals surface area contributed by atoms with Gasteiger partial charge in [0.1, 0.15) is 6.26 Å². The lowest BCUT2D eigenvalue weighted by Crippen LogP contribution is -2.13. The minimum absolute atomic E-state index is 0.00253. The van der Waals surface area contributed by atoms with Gasteiger partial charge in [0, 0.05) is 12.7 Å². The summed E-state index contributed by atoms with van der Waals surface area (Å²) in [6.45, 7) is 0.963. The largest absolute Gasteiger partial charge is 0.478 e. The first-order valence-corrected chi connectivity index (χ1v) is 4.62. The Bertz CT molecular complexity index is 386. The maximum atomic E-state index is 11.7. The summed E-state index contributed by atoms with van der Waals surface area (Å²) in [7, 11) is 0. The lowest BCUT2D eigenvalue weighted by Gasteiger charge is -2.01. The predicted octanol–water partition coefficient (Wildman–Crippen LogP) is 1.20. The molecule has 2 heterocycles. The van der Waals surface area contributed by atoms with Crippen LogP contribution in [0, 0.1) is 5.92 Å².